The maximum absolute atomic E-state index is 14.7. The Morgan fingerprint density at radius 2 is 1.73 bits per heavy atom. The number of anilines is 2. The number of thioether (sulfide) groups is 1. The molecule has 2 N–H and O–H groups in total. The number of hydrogen-bond donors (Lipinski definition) is 2. The summed E-state index contributed by atoms with van der Waals surface area (Å²) in [6.45, 7) is 0.439. The Labute approximate surface area is 214 Å². The summed E-state index contributed by atoms with van der Waals surface area (Å²) in [4.78, 5) is 16.4. The number of rotatable bonds is 8. The normalized spacial score (nSPS) is 10.6. The molecule has 0 atom stereocenters. The number of urea groups is 1. The Balaban J connectivity index is 1.51. The number of nitrogens with zero attached hydrogens (tertiary/aromatic N) is 2. The second kappa shape index (κ2) is 11.5. The van der Waals surface area contributed by atoms with Crippen LogP contribution in [0.15, 0.2) is 60.8 Å². The minimum absolute atomic E-state index is 0.124. The number of hydrogen-bond acceptors (Lipinski definition) is 6. The smallest absolute Gasteiger partial charge is 0.323 e. The molecular weight excluding hydrogens is 505 g/mol. The molecule has 0 fully saturated rings. The Morgan fingerprint density at radius 3 is 2.41 bits per heavy atom. The zero-order valence-electron chi connectivity index (χ0n) is 19.3. The molecule has 4 aromatic rings. The molecule has 0 saturated carbocycles. The van der Waals surface area contributed by atoms with Gasteiger partial charge >= 0.3 is 6.03 Å². The number of halogens is 3. The quantitative estimate of drug-likeness (QED) is 0.249. The van der Waals surface area contributed by atoms with Crippen LogP contribution in [-0.2, 0) is 0 Å². The van der Waals surface area contributed by atoms with Crippen LogP contribution in [0.5, 0.6) is 17.2 Å². The van der Waals surface area contributed by atoms with Crippen LogP contribution >= 0.6 is 11.8 Å². The Hall–Kier alpha value is -4.43. The van der Waals surface area contributed by atoms with E-state index in [2.05, 4.69) is 21.7 Å². The van der Waals surface area contributed by atoms with Gasteiger partial charge in [0.25, 0.3) is 0 Å². The van der Waals surface area contributed by atoms with Crippen molar-refractivity contribution in [2.75, 3.05) is 29.2 Å². The van der Waals surface area contributed by atoms with Crippen molar-refractivity contribution in [2.24, 2.45) is 0 Å². The standard InChI is InChI=1S/C26H19F3N4O3S/c1-37-9-8-35-25-13-23-18(10-15(25)14-30)24(6-7-31-23)36-17-3-5-22(20(29)12-17)33-26(34)32-21-4-2-16(27)11-19(21)28/h2-7,10-13H,8-9H2,1H3,(H2,32,33,34). The third-order valence-electron chi connectivity index (χ3n) is 5.06. The van der Waals surface area contributed by atoms with Gasteiger partial charge in [-0.2, -0.15) is 17.0 Å². The van der Waals surface area contributed by atoms with Gasteiger partial charge in [-0.3, -0.25) is 4.98 Å². The van der Waals surface area contributed by atoms with Crippen LogP contribution in [0, 0.1) is 28.8 Å². The largest absolute Gasteiger partial charge is 0.491 e. The van der Waals surface area contributed by atoms with Gasteiger partial charge in [-0.15, -0.1) is 0 Å². The molecule has 3 aromatic carbocycles. The van der Waals surface area contributed by atoms with Crippen molar-refractivity contribution in [3.05, 3.63) is 83.8 Å². The minimum Gasteiger partial charge on any atom is -0.491 e. The first kappa shape index (κ1) is 25.7. The lowest BCUT2D eigenvalue weighted by atomic mass is 10.1. The van der Waals surface area contributed by atoms with E-state index in [1.165, 1.54) is 18.3 Å². The molecule has 4 rings (SSSR count). The number of carbonyl (C=O) groups is 1. The number of ether oxygens (including phenoxy) is 2. The lowest BCUT2D eigenvalue weighted by molar-refractivity contribution is 0.262. The zero-order chi connectivity index (χ0) is 26.4. The monoisotopic (exact) mass is 524 g/mol. The summed E-state index contributed by atoms with van der Waals surface area (Å²) in [5, 5.41) is 14.5. The fourth-order valence-corrected chi connectivity index (χ4v) is 3.58. The Kier molecular flexibility index (Phi) is 8.00. The average molecular weight is 525 g/mol. The van der Waals surface area contributed by atoms with Gasteiger partial charge in [0.15, 0.2) is 0 Å². The second-order valence-electron chi connectivity index (χ2n) is 7.57. The van der Waals surface area contributed by atoms with E-state index in [-0.39, 0.29) is 17.1 Å². The number of benzene rings is 3. The number of nitriles is 1. The third-order valence-corrected chi connectivity index (χ3v) is 5.64. The van der Waals surface area contributed by atoms with Crippen molar-refractivity contribution in [2.45, 2.75) is 0 Å². The lowest BCUT2D eigenvalue weighted by Gasteiger charge is -2.13. The van der Waals surface area contributed by atoms with Gasteiger partial charge in [0.1, 0.15) is 40.8 Å². The van der Waals surface area contributed by atoms with Crippen LogP contribution in [0.2, 0.25) is 0 Å². The van der Waals surface area contributed by atoms with Crippen LogP contribution in [0.1, 0.15) is 5.56 Å². The summed E-state index contributed by atoms with van der Waals surface area (Å²) in [7, 11) is 0. The van der Waals surface area contributed by atoms with Crippen LogP contribution in [0.25, 0.3) is 10.9 Å². The molecule has 0 radical (unpaired) electrons. The molecule has 188 valence electrons. The fourth-order valence-electron chi connectivity index (χ4n) is 3.33. The van der Waals surface area contributed by atoms with Crippen molar-refractivity contribution >= 4 is 40.1 Å². The molecule has 1 aromatic heterocycles. The van der Waals surface area contributed by atoms with E-state index < -0.39 is 23.5 Å². The molecule has 0 bridgehead atoms. The SMILES string of the molecule is CSCCOc1cc2nccc(Oc3ccc(NC(=O)Nc4ccc(F)cc4F)c(F)c3)c2cc1C#N. The summed E-state index contributed by atoms with van der Waals surface area (Å²) in [6.07, 6.45) is 3.47. The van der Waals surface area contributed by atoms with E-state index >= 15 is 0 Å². The maximum Gasteiger partial charge on any atom is 0.323 e. The van der Waals surface area contributed by atoms with Crippen LogP contribution in [-0.4, -0.2) is 29.6 Å². The molecule has 37 heavy (non-hydrogen) atoms. The summed E-state index contributed by atoms with van der Waals surface area (Å²) < 4.78 is 53.0. The van der Waals surface area contributed by atoms with Gasteiger partial charge < -0.3 is 20.1 Å². The molecule has 2 amide bonds. The van der Waals surface area contributed by atoms with Crippen molar-refractivity contribution < 1.29 is 27.4 Å². The molecule has 11 heteroatoms. The van der Waals surface area contributed by atoms with Gasteiger partial charge in [0.05, 0.1) is 29.1 Å². The zero-order valence-corrected chi connectivity index (χ0v) is 20.2. The molecule has 0 aliphatic heterocycles. The fraction of sp³-hybridized carbons (Fsp3) is 0.115. The topological polar surface area (TPSA) is 96.3 Å². The highest BCUT2D eigenvalue weighted by atomic mass is 32.2. The molecule has 1 heterocycles. The van der Waals surface area contributed by atoms with Crippen molar-refractivity contribution in [3.63, 3.8) is 0 Å². The molecule has 0 aliphatic rings. The van der Waals surface area contributed by atoms with Crippen molar-refractivity contribution in [1.29, 1.82) is 5.26 Å². The lowest BCUT2D eigenvalue weighted by Crippen LogP contribution is -2.20. The van der Waals surface area contributed by atoms with Crippen molar-refractivity contribution in [1.82, 2.24) is 4.98 Å². The first-order valence-corrected chi connectivity index (χ1v) is 12.2. The highest BCUT2D eigenvalue weighted by Gasteiger charge is 2.14. The van der Waals surface area contributed by atoms with E-state index in [9.17, 15) is 23.2 Å². The number of aromatic nitrogens is 1. The highest BCUT2D eigenvalue weighted by Crippen LogP contribution is 2.34. The van der Waals surface area contributed by atoms with E-state index in [0.717, 1.165) is 24.0 Å². The summed E-state index contributed by atoms with van der Waals surface area (Å²) in [5.74, 6) is -0.943. The molecular formula is C26H19F3N4O3S. The van der Waals surface area contributed by atoms with Gasteiger partial charge in [-0.25, -0.2) is 18.0 Å². The van der Waals surface area contributed by atoms with E-state index in [1.54, 1.807) is 30.0 Å². The first-order valence-electron chi connectivity index (χ1n) is 10.8. The molecule has 0 saturated heterocycles. The van der Waals surface area contributed by atoms with Gasteiger partial charge in [0.2, 0.25) is 0 Å². The van der Waals surface area contributed by atoms with Gasteiger partial charge in [0, 0.05) is 35.5 Å². The predicted octanol–water partition coefficient (Wildman–Crippen LogP) is 6.70. The summed E-state index contributed by atoms with van der Waals surface area (Å²) >= 11 is 1.62. The Bertz CT molecular complexity index is 1510. The minimum atomic E-state index is -0.970. The molecule has 7 nitrogen and oxygen atoms in total. The average Bonchev–Trinajstić information content (AvgIpc) is 2.87. The third kappa shape index (κ3) is 6.23. The first-order chi connectivity index (χ1) is 17.9. The number of amides is 2. The Morgan fingerprint density at radius 1 is 1.00 bits per heavy atom. The van der Waals surface area contributed by atoms with Crippen molar-refractivity contribution in [3.8, 4) is 23.3 Å². The van der Waals surface area contributed by atoms with Crippen LogP contribution in [0.4, 0.5) is 29.3 Å². The molecule has 0 aliphatic carbocycles. The van der Waals surface area contributed by atoms with E-state index in [1.807, 2.05) is 6.26 Å². The second-order valence-corrected chi connectivity index (χ2v) is 8.56. The van der Waals surface area contributed by atoms with Gasteiger partial charge in [-0.05, 0) is 42.7 Å². The number of pyridine rings is 1. The maximum atomic E-state index is 14.7. The summed E-state index contributed by atoms with van der Waals surface area (Å²) in [5.41, 5.74) is 0.379. The predicted molar refractivity (Wildman–Crippen MR) is 136 cm³/mol. The highest BCUT2D eigenvalue weighted by molar-refractivity contribution is 7.98. The van der Waals surface area contributed by atoms with E-state index in [4.69, 9.17) is 9.47 Å². The number of nitrogens with one attached hydrogen (secondary N) is 2. The van der Waals surface area contributed by atoms with Gasteiger partial charge in [-0.1, -0.05) is 0 Å². The molecule has 0 unspecified atom stereocenters. The van der Waals surface area contributed by atoms with E-state index in [0.29, 0.717) is 40.6 Å². The summed E-state index contributed by atoms with van der Waals surface area (Å²) in [6, 6.07) is 12.4. The van der Waals surface area contributed by atoms with Crippen LogP contribution in [0.3, 0.4) is 0 Å². The van der Waals surface area contributed by atoms with Crippen LogP contribution < -0.4 is 20.1 Å². The number of fused-ring (bicyclic) bond motifs is 1. The number of carbonyl (C=O) groups excluding carboxylic acids is 1. The molecule has 0 spiro atoms.